The molecule has 0 saturated carbocycles. The Morgan fingerprint density at radius 2 is 2.57 bits per heavy atom. The van der Waals surface area contributed by atoms with Crippen molar-refractivity contribution in [2.24, 2.45) is 0 Å². The molecule has 0 fully saturated rings. The maximum absolute atomic E-state index is 10.5. The average Bonchev–Trinajstić information content (AvgIpc) is 2.61. The summed E-state index contributed by atoms with van der Waals surface area (Å²) < 4.78 is 0. The summed E-state index contributed by atoms with van der Waals surface area (Å²) >= 11 is 1.46. The fourth-order valence-corrected chi connectivity index (χ4v) is 1.55. The number of rotatable bonds is 3. The van der Waals surface area contributed by atoms with E-state index in [9.17, 15) is 4.79 Å². The van der Waals surface area contributed by atoms with Crippen LogP contribution < -0.4 is 0 Å². The molecule has 1 heterocycles. The first kappa shape index (κ1) is 10.4. The Morgan fingerprint density at radius 3 is 3.00 bits per heavy atom. The molecule has 0 saturated heterocycles. The Bertz CT molecular complexity index is 415. The Balaban J connectivity index is 2.96. The van der Waals surface area contributed by atoms with Gasteiger partial charge in [0.2, 0.25) is 0 Å². The molecule has 0 aliphatic carbocycles. The van der Waals surface area contributed by atoms with Crippen LogP contribution in [0.15, 0.2) is 11.0 Å². The molecule has 1 aromatic heterocycles. The van der Waals surface area contributed by atoms with Gasteiger partial charge in [0, 0.05) is 5.38 Å². The number of aliphatic carboxylic acids is 1. The van der Waals surface area contributed by atoms with Crippen molar-refractivity contribution in [3.8, 4) is 6.07 Å². The Hall–Kier alpha value is -1.67. The highest BCUT2D eigenvalue weighted by Crippen LogP contribution is 2.13. The van der Waals surface area contributed by atoms with Gasteiger partial charge in [-0.05, 0) is 12.5 Å². The van der Waals surface area contributed by atoms with E-state index in [4.69, 9.17) is 10.4 Å². The predicted molar refractivity (Wildman–Crippen MR) is 52.7 cm³/mol. The highest BCUT2D eigenvalue weighted by Gasteiger charge is 2.06. The van der Waals surface area contributed by atoms with Crippen LogP contribution in [0.4, 0.5) is 0 Å². The van der Waals surface area contributed by atoms with E-state index in [0.29, 0.717) is 5.69 Å². The third-order valence-corrected chi connectivity index (χ3v) is 2.53. The second kappa shape index (κ2) is 4.53. The molecule has 0 radical (unpaired) electrons. The summed E-state index contributed by atoms with van der Waals surface area (Å²) in [4.78, 5) is 14.6. The maximum atomic E-state index is 10.5. The summed E-state index contributed by atoms with van der Waals surface area (Å²) in [7, 11) is 0. The van der Waals surface area contributed by atoms with Crippen molar-refractivity contribution in [3.63, 3.8) is 0 Å². The lowest BCUT2D eigenvalue weighted by Gasteiger charge is -1.87. The lowest BCUT2D eigenvalue weighted by Crippen LogP contribution is -1.97. The van der Waals surface area contributed by atoms with Gasteiger partial charge < -0.3 is 5.11 Å². The van der Waals surface area contributed by atoms with Gasteiger partial charge in [-0.15, -0.1) is 11.3 Å². The van der Waals surface area contributed by atoms with E-state index in [1.165, 1.54) is 17.4 Å². The molecule has 5 heteroatoms. The topological polar surface area (TPSA) is 74.0 Å². The molecule has 1 N–H and O–H groups in total. The van der Waals surface area contributed by atoms with Crippen LogP contribution in [0.5, 0.6) is 0 Å². The van der Waals surface area contributed by atoms with Crippen molar-refractivity contribution in [2.75, 3.05) is 0 Å². The number of hydrogen-bond acceptors (Lipinski definition) is 4. The second-order valence-electron chi connectivity index (χ2n) is 2.49. The number of aryl methyl sites for hydroxylation is 1. The van der Waals surface area contributed by atoms with Gasteiger partial charge in [0.15, 0.2) is 0 Å². The van der Waals surface area contributed by atoms with Gasteiger partial charge in [0.25, 0.3) is 0 Å². The lowest BCUT2D eigenvalue weighted by atomic mass is 10.2. The normalized spacial score (nSPS) is 11.0. The van der Waals surface area contributed by atoms with E-state index in [1.807, 2.05) is 6.92 Å². The molecule has 0 atom stereocenters. The summed E-state index contributed by atoms with van der Waals surface area (Å²) in [5.74, 6) is -1.22. The molecule has 0 bridgehead atoms. The average molecular weight is 208 g/mol. The third kappa shape index (κ3) is 2.41. The molecule has 1 aromatic rings. The van der Waals surface area contributed by atoms with Gasteiger partial charge in [-0.3, -0.25) is 0 Å². The van der Waals surface area contributed by atoms with Gasteiger partial charge in [0.05, 0.1) is 10.7 Å². The number of carboxylic acids is 1. The van der Waals surface area contributed by atoms with Gasteiger partial charge in [-0.25, -0.2) is 9.78 Å². The zero-order valence-corrected chi connectivity index (χ0v) is 8.34. The number of thiazole rings is 1. The van der Waals surface area contributed by atoms with Crippen LogP contribution in [-0.4, -0.2) is 16.1 Å². The van der Waals surface area contributed by atoms with Crippen molar-refractivity contribution in [1.82, 2.24) is 4.98 Å². The first-order chi connectivity index (χ1) is 6.67. The number of carboxylic acid groups (broad SMARTS) is 1. The molecule has 0 amide bonds. The highest BCUT2D eigenvalue weighted by atomic mass is 32.1. The fraction of sp³-hybridized carbons (Fsp3) is 0.222. The van der Waals surface area contributed by atoms with Crippen LogP contribution in [0.25, 0.3) is 6.08 Å². The van der Waals surface area contributed by atoms with Gasteiger partial charge in [0.1, 0.15) is 11.6 Å². The number of hydrogen-bond donors (Lipinski definition) is 1. The number of carbonyl (C=O) groups is 1. The number of nitriles is 1. The van der Waals surface area contributed by atoms with Crippen molar-refractivity contribution < 1.29 is 9.90 Å². The van der Waals surface area contributed by atoms with Gasteiger partial charge in [-0.2, -0.15) is 5.26 Å². The van der Waals surface area contributed by atoms with Gasteiger partial charge in [-0.1, -0.05) is 6.92 Å². The zero-order chi connectivity index (χ0) is 10.6. The molecule has 0 aliphatic rings. The monoisotopic (exact) mass is 208 g/mol. The summed E-state index contributed by atoms with van der Waals surface area (Å²) in [6.45, 7) is 1.97. The van der Waals surface area contributed by atoms with E-state index < -0.39 is 5.97 Å². The van der Waals surface area contributed by atoms with E-state index >= 15 is 0 Å². The van der Waals surface area contributed by atoms with Crippen LogP contribution in [0.3, 0.4) is 0 Å². The van der Waals surface area contributed by atoms with Crippen molar-refractivity contribution in [2.45, 2.75) is 13.3 Å². The van der Waals surface area contributed by atoms with E-state index in [1.54, 1.807) is 11.4 Å². The molecule has 0 aliphatic heterocycles. The quantitative estimate of drug-likeness (QED) is 0.606. The zero-order valence-electron chi connectivity index (χ0n) is 7.52. The Kier molecular flexibility index (Phi) is 3.37. The molecule has 0 unspecified atom stereocenters. The van der Waals surface area contributed by atoms with Gasteiger partial charge >= 0.3 is 5.97 Å². The summed E-state index contributed by atoms with van der Waals surface area (Å²) in [6, 6.07) is 1.60. The standard InChI is InChI=1S/C9H8N2O2S/c1-2-8-11-7(5-14-8)3-6(4-10)9(12)13/h3,5H,2H2,1H3,(H,12,13)/b6-3-. The van der Waals surface area contributed by atoms with Crippen molar-refractivity contribution in [3.05, 3.63) is 21.7 Å². The SMILES string of the molecule is CCc1nc(/C=C(/C#N)C(=O)O)cs1. The third-order valence-electron chi connectivity index (χ3n) is 1.52. The summed E-state index contributed by atoms with van der Waals surface area (Å²) in [6.07, 6.45) is 2.09. The molecular weight excluding hydrogens is 200 g/mol. The van der Waals surface area contributed by atoms with Crippen LogP contribution in [-0.2, 0) is 11.2 Å². The molecule has 14 heavy (non-hydrogen) atoms. The molecule has 0 spiro atoms. The Labute approximate surface area is 85.1 Å². The van der Waals surface area contributed by atoms with E-state index in [2.05, 4.69) is 4.98 Å². The molecule has 4 nitrogen and oxygen atoms in total. The smallest absolute Gasteiger partial charge is 0.346 e. The minimum absolute atomic E-state index is 0.294. The fourth-order valence-electron chi connectivity index (χ4n) is 0.843. The van der Waals surface area contributed by atoms with E-state index in [0.717, 1.165) is 11.4 Å². The number of nitrogens with zero attached hydrogens (tertiary/aromatic N) is 2. The second-order valence-corrected chi connectivity index (χ2v) is 3.44. The van der Waals surface area contributed by atoms with Crippen LogP contribution in [0.1, 0.15) is 17.6 Å². The minimum atomic E-state index is -1.22. The maximum Gasteiger partial charge on any atom is 0.346 e. The van der Waals surface area contributed by atoms with Crippen molar-refractivity contribution >= 4 is 23.4 Å². The molecule has 72 valence electrons. The number of aromatic nitrogens is 1. The summed E-state index contributed by atoms with van der Waals surface area (Å²) in [5.41, 5.74) is 0.240. The molecular formula is C9H8N2O2S. The van der Waals surface area contributed by atoms with Crippen LogP contribution in [0.2, 0.25) is 0 Å². The van der Waals surface area contributed by atoms with Crippen LogP contribution >= 0.6 is 11.3 Å². The van der Waals surface area contributed by atoms with E-state index in [-0.39, 0.29) is 5.57 Å². The largest absolute Gasteiger partial charge is 0.477 e. The molecule has 1 rings (SSSR count). The van der Waals surface area contributed by atoms with Crippen LogP contribution in [0, 0.1) is 11.3 Å². The minimum Gasteiger partial charge on any atom is -0.477 e. The highest BCUT2D eigenvalue weighted by molar-refractivity contribution is 7.09. The summed E-state index contributed by atoms with van der Waals surface area (Å²) in [5, 5.41) is 19.7. The Morgan fingerprint density at radius 1 is 1.86 bits per heavy atom. The first-order valence-corrected chi connectivity index (χ1v) is 4.84. The predicted octanol–water partition coefficient (Wildman–Crippen LogP) is 1.70. The van der Waals surface area contributed by atoms with Crippen molar-refractivity contribution in [1.29, 1.82) is 5.26 Å². The lowest BCUT2D eigenvalue weighted by molar-refractivity contribution is -0.132. The first-order valence-electron chi connectivity index (χ1n) is 3.97. The molecule has 0 aromatic carbocycles.